The van der Waals surface area contributed by atoms with Gasteiger partial charge < -0.3 is 10.1 Å². The van der Waals surface area contributed by atoms with Gasteiger partial charge in [0.2, 0.25) is 5.91 Å². The first-order valence-electron chi connectivity index (χ1n) is 8.55. The van der Waals surface area contributed by atoms with Crippen LogP contribution in [0.5, 0.6) is 0 Å². The second-order valence-electron chi connectivity index (χ2n) is 6.69. The Morgan fingerprint density at radius 2 is 2.20 bits per heavy atom. The molecule has 1 amide bonds. The van der Waals surface area contributed by atoms with E-state index in [9.17, 15) is 4.79 Å². The van der Waals surface area contributed by atoms with E-state index in [4.69, 9.17) is 4.74 Å². The molecule has 8 heteroatoms. The number of hydrogen-bond donors (Lipinski definition) is 1. The molecule has 0 spiro atoms. The molecule has 0 radical (unpaired) electrons. The zero-order valence-electron chi connectivity index (χ0n) is 15.3. The van der Waals surface area contributed by atoms with E-state index in [2.05, 4.69) is 20.4 Å². The number of amides is 1. The van der Waals surface area contributed by atoms with Crippen molar-refractivity contribution in [2.75, 3.05) is 31.6 Å². The smallest absolute Gasteiger partial charge is 0.238 e. The third-order valence-corrected chi connectivity index (χ3v) is 4.52. The quantitative estimate of drug-likeness (QED) is 0.870. The maximum atomic E-state index is 12.4. The zero-order chi connectivity index (χ0) is 18.0. The predicted molar refractivity (Wildman–Crippen MR) is 94.5 cm³/mol. The largest absolute Gasteiger partial charge is 0.374 e. The summed E-state index contributed by atoms with van der Waals surface area (Å²) < 4.78 is 9.49. The maximum absolute atomic E-state index is 12.4. The van der Waals surface area contributed by atoms with Crippen LogP contribution in [0.3, 0.4) is 0 Å². The van der Waals surface area contributed by atoms with Gasteiger partial charge in [0.25, 0.3) is 0 Å². The molecule has 25 heavy (non-hydrogen) atoms. The fourth-order valence-electron chi connectivity index (χ4n) is 3.15. The molecule has 2 aromatic rings. The van der Waals surface area contributed by atoms with Crippen LogP contribution in [-0.4, -0.2) is 62.7 Å². The van der Waals surface area contributed by atoms with Gasteiger partial charge in [0.15, 0.2) is 0 Å². The molecule has 3 heterocycles. The van der Waals surface area contributed by atoms with Crippen molar-refractivity contribution in [2.45, 2.75) is 33.4 Å². The number of nitrogens with zero attached hydrogens (tertiary/aromatic N) is 5. The minimum Gasteiger partial charge on any atom is -0.374 e. The van der Waals surface area contributed by atoms with Gasteiger partial charge in [-0.15, -0.1) is 0 Å². The van der Waals surface area contributed by atoms with Crippen molar-refractivity contribution in [2.24, 2.45) is 7.05 Å². The maximum Gasteiger partial charge on any atom is 0.238 e. The topological polar surface area (TPSA) is 77.2 Å². The highest BCUT2D eigenvalue weighted by Crippen LogP contribution is 2.18. The van der Waals surface area contributed by atoms with Crippen LogP contribution in [0.4, 0.5) is 5.69 Å². The van der Waals surface area contributed by atoms with Gasteiger partial charge in [0.1, 0.15) is 0 Å². The van der Waals surface area contributed by atoms with E-state index in [1.54, 1.807) is 4.68 Å². The molecule has 8 nitrogen and oxygen atoms in total. The van der Waals surface area contributed by atoms with Crippen molar-refractivity contribution in [3.8, 4) is 0 Å². The Morgan fingerprint density at radius 3 is 2.84 bits per heavy atom. The number of rotatable bonds is 5. The van der Waals surface area contributed by atoms with E-state index >= 15 is 0 Å². The van der Waals surface area contributed by atoms with Gasteiger partial charge >= 0.3 is 0 Å². The molecule has 0 saturated carbocycles. The summed E-state index contributed by atoms with van der Waals surface area (Å²) in [7, 11) is 1.88. The molecule has 1 aliphatic rings. The number of aryl methyl sites for hydroxylation is 3. The van der Waals surface area contributed by atoms with Crippen LogP contribution in [0, 0.1) is 20.8 Å². The second-order valence-corrected chi connectivity index (χ2v) is 6.69. The number of carbonyl (C=O) groups excluding carboxylic acids is 1. The van der Waals surface area contributed by atoms with E-state index in [1.807, 2.05) is 44.9 Å². The highest BCUT2D eigenvalue weighted by Gasteiger charge is 2.23. The fraction of sp³-hybridized carbons (Fsp3) is 0.588. The molecule has 1 saturated heterocycles. The molecule has 1 N–H and O–H groups in total. The van der Waals surface area contributed by atoms with Gasteiger partial charge in [-0.1, -0.05) is 0 Å². The highest BCUT2D eigenvalue weighted by atomic mass is 16.5. The van der Waals surface area contributed by atoms with Crippen molar-refractivity contribution in [3.05, 3.63) is 29.3 Å². The molecule has 0 unspecified atom stereocenters. The summed E-state index contributed by atoms with van der Waals surface area (Å²) in [6, 6.07) is 0. The number of morpholine rings is 1. The summed E-state index contributed by atoms with van der Waals surface area (Å²) in [5.74, 6) is -0.0187. The number of carbonyl (C=O) groups is 1. The Hall–Kier alpha value is -2.19. The molecule has 1 aliphatic heterocycles. The first-order chi connectivity index (χ1) is 11.9. The van der Waals surface area contributed by atoms with Gasteiger partial charge in [0.05, 0.1) is 49.1 Å². The molecule has 0 aromatic carbocycles. The summed E-state index contributed by atoms with van der Waals surface area (Å²) in [6.07, 6.45) is 3.89. The van der Waals surface area contributed by atoms with E-state index in [-0.39, 0.29) is 12.0 Å². The van der Waals surface area contributed by atoms with Crippen LogP contribution in [0.1, 0.15) is 17.0 Å². The van der Waals surface area contributed by atoms with Crippen molar-refractivity contribution >= 4 is 11.6 Å². The summed E-state index contributed by atoms with van der Waals surface area (Å²) in [5.41, 5.74) is 3.74. The van der Waals surface area contributed by atoms with Gasteiger partial charge in [-0.05, 0) is 26.3 Å². The minimum absolute atomic E-state index is 0.0187. The normalized spacial score (nSPS) is 18.5. The highest BCUT2D eigenvalue weighted by molar-refractivity contribution is 5.93. The lowest BCUT2D eigenvalue weighted by Gasteiger charge is -2.32. The zero-order valence-corrected chi connectivity index (χ0v) is 15.3. The lowest BCUT2D eigenvalue weighted by molar-refractivity contribution is -0.119. The number of anilines is 1. The van der Waals surface area contributed by atoms with Crippen LogP contribution < -0.4 is 5.32 Å². The minimum atomic E-state index is -0.0187. The van der Waals surface area contributed by atoms with Crippen molar-refractivity contribution in [1.29, 1.82) is 0 Å². The average molecular weight is 346 g/mol. The van der Waals surface area contributed by atoms with Gasteiger partial charge in [-0.3, -0.25) is 19.1 Å². The fourth-order valence-corrected chi connectivity index (χ4v) is 3.15. The Balaban J connectivity index is 1.54. The standard InChI is InChI=1S/C17H26N6O2/c1-12-7-18-23(8-12)10-15-9-22(5-6-25-15)11-16(24)19-17-13(2)20-21(4)14(17)3/h7-8,15H,5-6,9-11H2,1-4H3,(H,19,24)/t15-/m0/s1. The molecule has 0 bridgehead atoms. The van der Waals surface area contributed by atoms with Crippen molar-refractivity contribution < 1.29 is 9.53 Å². The second kappa shape index (κ2) is 7.37. The first kappa shape index (κ1) is 17.6. The monoisotopic (exact) mass is 346 g/mol. The molecule has 1 atom stereocenters. The SMILES string of the molecule is Cc1cnn(C[C@@H]2CN(CC(=O)Nc3c(C)nn(C)c3C)CCO2)c1. The number of aromatic nitrogens is 4. The van der Waals surface area contributed by atoms with E-state index in [0.717, 1.165) is 35.7 Å². The number of hydrogen-bond acceptors (Lipinski definition) is 5. The number of ether oxygens (including phenoxy) is 1. The third kappa shape index (κ3) is 4.26. The predicted octanol–water partition coefficient (Wildman–Crippen LogP) is 0.881. The van der Waals surface area contributed by atoms with E-state index in [1.165, 1.54) is 0 Å². The Kier molecular flexibility index (Phi) is 5.19. The lowest BCUT2D eigenvalue weighted by atomic mass is 10.2. The van der Waals surface area contributed by atoms with Crippen LogP contribution in [0.15, 0.2) is 12.4 Å². The summed E-state index contributed by atoms with van der Waals surface area (Å²) in [5, 5.41) is 11.6. The van der Waals surface area contributed by atoms with E-state index in [0.29, 0.717) is 19.7 Å². The lowest BCUT2D eigenvalue weighted by Crippen LogP contribution is -2.47. The Bertz CT molecular complexity index is 750. The molecule has 3 rings (SSSR count). The summed E-state index contributed by atoms with van der Waals surface area (Å²) in [4.78, 5) is 14.5. The first-order valence-corrected chi connectivity index (χ1v) is 8.55. The molecule has 136 valence electrons. The molecule has 0 aliphatic carbocycles. The van der Waals surface area contributed by atoms with E-state index < -0.39 is 0 Å². The molecule has 1 fully saturated rings. The summed E-state index contributed by atoms with van der Waals surface area (Å²) in [6.45, 7) is 9.03. The van der Waals surface area contributed by atoms with Gasteiger partial charge in [-0.2, -0.15) is 10.2 Å². The Labute approximate surface area is 147 Å². The van der Waals surface area contributed by atoms with Gasteiger partial charge in [0, 0.05) is 26.3 Å². The van der Waals surface area contributed by atoms with Crippen molar-refractivity contribution in [1.82, 2.24) is 24.5 Å². The van der Waals surface area contributed by atoms with Crippen LogP contribution in [0.25, 0.3) is 0 Å². The third-order valence-electron chi connectivity index (χ3n) is 4.52. The molecule has 2 aromatic heterocycles. The van der Waals surface area contributed by atoms with Gasteiger partial charge in [-0.25, -0.2) is 0 Å². The van der Waals surface area contributed by atoms with Crippen LogP contribution in [0.2, 0.25) is 0 Å². The molecular weight excluding hydrogens is 320 g/mol. The van der Waals surface area contributed by atoms with Crippen LogP contribution >= 0.6 is 0 Å². The Morgan fingerprint density at radius 1 is 1.40 bits per heavy atom. The number of nitrogens with one attached hydrogen (secondary N) is 1. The molecular formula is C17H26N6O2. The summed E-state index contributed by atoms with van der Waals surface area (Å²) >= 11 is 0. The van der Waals surface area contributed by atoms with Crippen LogP contribution in [-0.2, 0) is 23.1 Å². The van der Waals surface area contributed by atoms with Crippen molar-refractivity contribution in [3.63, 3.8) is 0 Å². The average Bonchev–Trinajstić information content (AvgIpc) is 3.06.